The van der Waals surface area contributed by atoms with Crippen LogP contribution in [0.15, 0.2) is 0 Å². The summed E-state index contributed by atoms with van der Waals surface area (Å²) in [7, 11) is 1.87. The van der Waals surface area contributed by atoms with Crippen LogP contribution in [0.2, 0.25) is 0 Å². The van der Waals surface area contributed by atoms with Crippen LogP contribution in [0.3, 0.4) is 0 Å². The third-order valence-electron chi connectivity index (χ3n) is 4.87. The summed E-state index contributed by atoms with van der Waals surface area (Å²) in [6.45, 7) is 0. The quantitative estimate of drug-likeness (QED) is 0.855. The summed E-state index contributed by atoms with van der Waals surface area (Å²) in [5.41, 5.74) is 0. The lowest BCUT2D eigenvalue weighted by molar-refractivity contribution is -0.152. The second-order valence-electron chi connectivity index (χ2n) is 6.08. The number of carbonyl (C=O) groups excluding carboxylic acids is 1. The van der Waals surface area contributed by atoms with Crippen molar-refractivity contribution in [2.24, 2.45) is 11.8 Å². The smallest absolute Gasteiger partial charge is 0.307 e. The standard InChI is InChI=1S/C15H25NO3/c1-16(11-7-3-2-4-8-11)14(17)12-9-5-6-10-13(12)15(18)19/h11-13H,2-10H2,1H3,(H,18,19)/t12-,13+/m0/s1. The Morgan fingerprint density at radius 2 is 1.42 bits per heavy atom. The zero-order chi connectivity index (χ0) is 13.8. The van der Waals surface area contributed by atoms with E-state index in [2.05, 4.69) is 0 Å². The van der Waals surface area contributed by atoms with Gasteiger partial charge in [-0.15, -0.1) is 0 Å². The molecule has 0 heterocycles. The molecule has 2 atom stereocenters. The average molecular weight is 267 g/mol. The molecule has 0 aromatic carbocycles. The van der Waals surface area contributed by atoms with Crippen molar-refractivity contribution in [3.8, 4) is 0 Å². The van der Waals surface area contributed by atoms with Gasteiger partial charge in [0.05, 0.1) is 11.8 Å². The van der Waals surface area contributed by atoms with Gasteiger partial charge in [0.15, 0.2) is 0 Å². The number of carboxylic acids is 1. The molecule has 0 aromatic heterocycles. The molecule has 2 fully saturated rings. The maximum atomic E-state index is 12.6. The first kappa shape index (κ1) is 14.4. The Hall–Kier alpha value is -1.06. The number of hydrogen-bond donors (Lipinski definition) is 1. The second-order valence-corrected chi connectivity index (χ2v) is 6.08. The lowest BCUT2D eigenvalue weighted by atomic mass is 9.78. The molecule has 19 heavy (non-hydrogen) atoms. The molecule has 0 bridgehead atoms. The van der Waals surface area contributed by atoms with Gasteiger partial charge < -0.3 is 10.0 Å². The highest BCUT2D eigenvalue weighted by atomic mass is 16.4. The van der Waals surface area contributed by atoms with Gasteiger partial charge >= 0.3 is 5.97 Å². The molecule has 4 heteroatoms. The van der Waals surface area contributed by atoms with Crippen molar-refractivity contribution in [1.29, 1.82) is 0 Å². The fourth-order valence-corrected chi connectivity index (χ4v) is 3.63. The predicted octanol–water partition coefficient (Wildman–Crippen LogP) is 2.67. The van der Waals surface area contributed by atoms with E-state index in [0.717, 1.165) is 32.1 Å². The molecule has 108 valence electrons. The molecule has 1 N–H and O–H groups in total. The van der Waals surface area contributed by atoms with E-state index >= 15 is 0 Å². The van der Waals surface area contributed by atoms with Crippen LogP contribution in [-0.2, 0) is 9.59 Å². The zero-order valence-electron chi connectivity index (χ0n) is 11.8. The van der Waals surface area contributed by atoms with Gasteiger partial charge in [0.25, 0.3) is 0 Å². The van der Waals surface area contributed by atoms with Crippen LogP contribution in [0.5, 0.6) is 0 Å². The van der Waals surface area contributed by atoms with Crippen LogP contribution < -0.4 is 0 Å². The molecule has 0 saturated heterocycles. The third kappa shape index (κ3) is 3.28. The summed E-state index contributed by atoms with van der Waals surface area (Å²) in [4.78, 5) is 25.7. The van der Waals surface area contributed by atoms with Crippen LogP contribution in [0.4, 0.5) is 0 Å². The summed E-state index contributed by atoms with van der Waals surface area (Å²) in [5, 5.41) is 9.28. The number of carboxylic acid groups (broad SMARTS) is 1. The Kier molecular flexibility index (Phi) is 4.83. The lowest BCUT2D eigenvalue weighted by Crippen LogP contribution is -2.45. The van der Waals surface area contributed by atoms with E-state index in [1.807, 2.05) is 11.9 Å². The predicted molar refractivity (Wildman–Crippen MR) is 72.7 cm³/mol. The Balaban J connectivity index is 2.01. The first-order chi connectivity index (χ1) is 9.11. The molecule has 0 aliphatic heterocycles. The maximum absolute atomic E-state index is 12.6. The highest BCUT2D eigenvalue weighted by Gasteiger charge is 2.38. The van der Waals surface area contributed by atoms with Gasteiger partial charge in [0.2, 0.25) is 5.91 Å². The number of carbonyl (C=O) groups is 2. The molecule has 0 aromatic rings. The van der Waals surface area contributed by atoms with Crippen molar-refractivity contribution >= 4 is 11.9 Å². The molecule has 2 aliphatic carbocycles. The molecule has 2 saturated carbocycles. The van der Waals surface area contributed by atoms with Crippen LogP contribution in [0, 0.1) is 11.8 Å². The first-order valence-corrected chi connectivity index (χ1v) is 7.60. The van der Waals surface area contributed by atoms with Crippen molar-refractivity contribution in [3.05, 3.63) is 0 Å². The molecule has 4 nitrogen and oxygen atoms in total. The topological polar surface area (TPSA) is 57.6 Å². The zero-order valence-corrected chi connectivity index (χ0v) is 11.8. The van der Waals surface area contributed by atoms with E-state index in [-0.39, 0.29) is 11.8 Å². The van der Waals surface area contributed by atoms with Crippen molar-refractivity contribution in [3.63, 3.8) is 0 Å². The van der Waals surface area contributed by atoms with E-state index in [1.54, 1.807) is 0 Å². The van der Waals surface area contributed by atoms with E-state index < -0.39 is 11.9 Å². The largest absolute Gasteiger partial charge is 0.481 e. The monoisotopic (exact) mass is 267 g/mol. The number of hydrogen-bond acceptors (Lipinski definition) is 2. The van der Waals surface area contributed by atoms with Gasteiger partial charge in [-0.1, -0.05) is 32.1 Å². The van der Waals surface area contributed by atoms with Crippen LogP contribution in [0.25, 0.3) is 0 Å². The van der Waals surface area contributed by atoms with Gasteiger partial charge in [0, 0.05) is 13.1 Å². The average Bonchev–Trinajstić information content (AvgIpc) is 2.46. The Labute approximate surface area is 115 Å². The van der Waals surface area contributed by atoms with Gasteiger partial charge in [0.1, 0.15) is 0 Å². The molecule has 2 rings (SSSR count). The third-order valence-corrected chi connectivity index (χ3v) is 4.87. The minimum Gasteiger partial charge on any atom is -0.481 e. The summed E-state index contributed by atoms with van der Waals surface area (Å²) in [6, 6.07) is 0.331. The highest BCUT2D eigenvalue weighted by Crippen LogP contribution is 2.33. The molecular formula is C15H25NO3. The van der Waals surface area contributed by atoms with Crippen LogP contribution >= 0.6 is 0 Å². The van der Waals surface area contributed by atoms with Crippen molar-refractivity contribution < 1.29 is 14.7 Å². The fraction of sp³-hybridized carbons (Fsp3) is 0.867. The highest BCUT2D eigenvalue weighted by molar-refractivity contribution is 5.85. The normalized spacial score (nSPS) is 28.9. The molecule has 0 radical (unpaired) electrons. The SMILES string of the molecule is CN(C(=O)[C@H]1CCCC[C@H]1C(=O)O)C1CCCCC1. The van der Waals surface area contributed by atoms with E-state index in [4.69, 9.17) is 0 Å². The minimum absolute atomic E-state index is 0.0685. The second kappa shape index (κ2) is 6.40. The Morgan fingerprint density at radius 1 is 0.895 bits per heavy atom. The molecular weight excluding hydrogens is 242 g/mol. The molecule has 0 spiro atoms. The summed E-state index contributed by atoms with van der Waals surface area (Å²) in [6.07, 6.45) is 9.12. The number of aliphatic carboxylic acids is 1. The van der Waals surface area contributed by atoms with Gasteiger partial charge in [-0.3, -0.25) is 9.59 Å². The Morgan fingerprint density at radius 3 is 2.00 bits per heavy atom. The number of amides is 1. The van der Waals surface area contributed by atoms with Gasteiger partial charge in [-0.2, -0.15) is 0 Å². The molecule has 1 amide bonds. The van der Waals surface area contributed by atoms with Crippen molar-refractivity contribution in [2.75, 3.05) is 7.05 Å². The summed E-state index contributed by atoms with van der Waals surface area (Å²) in [5.74, 6) is -1.49. The van der Waals surface area contributed by atoms with Crippen LogP contribution in [0.1, 0.15) is 57.8 Å². The van der Waals surface area contributed by atoms with Crippen molar-refractivity contribution in [1.82, 2.24) is 4.90 Å². The van der Waals surface area contributed by atoms with E-state index in [9.17, 15) is 14.7 Å². The van der Waals surface area contributed by atoms with Gasteiger partial charge in [-0.25, -0.2) is 0 Å². The number of rotatable bonds is 3. The van der Waals surface area contributed by atoms with Crippen LogP contribution in [-0.4, -0.2) is 35.0 Å². The minimum atomic E-state index is -0.796. The van der Waals surface area contributed by atoms with E-state index in [1.165, 1.54) is 19.3 Å². The lowest BCUT2D eigenvalue weighted by Gasteiger charge is -2.36. The summed E-state index contributed by atoms with van der Waals surface area (Å²) >= 11 is 0. The molecule has 0 unspecified atom stereocenters. The molecule has 2 aliphatic rings. The maximum Gasteiger partial charge on any atom is 0.307 e. The van der Waals surface area contributed by atoms with Crippen molar-refractivity contribution in [2.45, 2.75) is 63.8 Å². The number of nitrogens with zero attached hydrogens (tertiary/aromatic N) is 1. The first-order valence-electron chi connectivity index (χ1n) is 7.60. The van der Waals surface area contributed by atoms with Gasteiger partial charge in [-0.05, 0) is 25.7 Å². The fourth-order valence-electron chi connectivity index (χ4n) is 3.63. The summed E-state index contributed by atoms with van der Waals surface area (Å²) < 4.78 is 0. The van der Waals surface area contributed by atoms with E-state index in [0.29, 0.717) is 12.5 Å². The Bertz CT molecular complexity index is 336.